The summed E-state index contributed by atoms with van der Waals surface area (Å²) in [6.45, 7) is 0. The first-order valence-corrected chi connectivity index (χ1v) is 8.17. The van der Waals surface area contributed by atoms with Gasteiger partial charge in [0.25, 0.3) is 0 Å². The van der Waals surface area contributed by atoms with Gasteiger partial charge in [-0.05, 0) is 31.4 Å². The van der Waals surface area contributed by atoms with Crippen molar-refractivity contribution >= 4 is 23.2 Å². The zero-order chi connectivity index (χ0) is 15.1. The highest BCUT2D eigenvalue weighted by Crippen LogP contribution is 2.33. The van der Waals surface area contributed by atoms with Crippen molar-refractivity contribution in [3.05, 3.63) is 45.8 Å². The van der Waals surface area contributed by atoms with E-state index in [2.05, 4.69) is 21.5 Å². The molecule has 1 fully saturated rings. The quantitative estimate of drug-likeness (QED) is 0.860. The summed E-state index contributed by atoms with van der Waals surface area (Å²) in [5.74, 6) is 1.06. The maximum absolute atomic E-state index is 6.19. The highest BCUT2D eigenvalue weighted by atomic mass is 35.5. The third kappa shape index (κ3) is 2.67. The van der Waals surface area contributed by atoms with Crippen molar-refractivity contribution < 1.29 is 4.52 Å². The van der Waals surface area contributed by atoms with Gasteiger partial charge in [-0.3, -0.25) is 0 Å². The molecule has 0 amide bonds. The van der Waals surface area contributed by atoms with Crippen molar-refractivity contribution in [3.8, 4) is 11.4 Å². The summed E-state index contributed by atoms with van der Waals surface area (Å²) in [5.41, 5.74) is 1.99. The lowest BCUT2D eigenvalue weighted by Crippen LogP contribution is -2.32. The second kappa shape index (κ2) is 5.69. The number of benzene rings is 1. The zero-order valence-electron chi connectivity index (χ0n) is 11.9. The van der Waals surface area contributed by atoms with Gasteiger partial charge < -0.3 is 9.84 Å². The number of aromatic nitrogens is 2. The second-order valence-electron chi connectivity index (χ2n) is 5.86. The molecular formula is C16H15Cl2N3O. The Morgan fingerprint density at radius 1 is 1.23 bits per heavy atom. The van der Waals surface area contributed by atoms with Crippen LogP contribution in [0, 0.1) is 0 Å². The number of nitrogens with one attached hydrogen (secondary N) is 1. The summed E-state index contributed by atoms with van der Waals surface area (Å²) in [6.07, 6.45) is 6.52. The van der Waals surface area contributed by atoms with E-state index < -0.39 is 0 Å². The molecule has 6 heteroatoms. The monoisotopic (exact) mass is 335 g/mol. The summed E-state index contributed by atoms with van der Waals surface area (Å²) in [7, 11) is 0. The maximum atomic E-state index is 6.19. The van der Waals surface area contributed by atoms with E-state index in [1.807, 2.05) is 0 Å². The van der Waals surface area contributed by atoms with Crippen molar-refractivity contribution in [1.82, 2.24) is 15.5 Å². The van der Waals surface area contributed by atoms with Crippen molar-refractivity contribution in [2.24, 2.45) is 0 Å². The lowest BCUT2D eigenvalue weighted by atomic mass is 10.0. The molecule has 3 heterocycles. The van der Waals surface area contributed by atoms with Crippen LogP contribution in [-0.4, -0.2) is 22.2 Å². The number of rotatable bonds is 3. The molecule has 2 unspecified atom stereocenters. The largest absolute Gasteiger partial charge is 0.339 e. The van der Waals surface area contributed by atoms with Crippen LogP contribution >= 0.6 is 23.2 Å². The van der Waals surface area contributed by atoms with E-state index in [9.17, 15) is 0 Å². The Balaban J connectivity index is 1.57. The van der Waals surface area contributed by atoms with Gasteiger partial charge in [0, 0.05) is 18.5 Å². The smallest absolute Gasteiger partial charge is 0.231 e. The second-order valence-corrected chi connectivity index (χ2v) is 6.68. The van der Waals surface area contributed by atoms with Crippen LogP contribution in [-0.2, 0) is 6.42 Å². The Kier molecular flexibility index (Phi) is 3.68. The molecule has 4 nitrogen and oxygen atoms in total. The van der Waals surface area contributed by atoms with Gasteiger partial charge in [0.15, 0.2) is 0 Å². The summed E-state index contributed by atoms with van der Waals surface area (Å²) >= 11 is 12.4. The van der Waals surface area contributed by atoms with E-state index in [-0.39, 0.29) is 0 Å². The normalized spacial score (nSPS) is 23.6. The Hall–Kier alpha value is -1.36. The van der Waals surface area contributed by atoms with Gasteiger partial charge in [-0.1, -0.05) is 46.1 Å². The van der Waals surface area contributed by atoms with Crippen LogP contribution in [0.15, 0.2) is 34.4 Å². The minimum Gasteiger partial charge on any atom is -0.339 e. The van der Waals surface area contributed by atoms with E-state index in [1.54, 1.807) is 18.2 Å². The SMILES string of the molecule is Clc1cccc(Cl)c1-c1noc(CC2=CC3CCC(C2)N3)n1. The molecule has 2 bridgehead atoms. The van der Waals surface area contributed by atoms with Crippen molar-refractivity contribution in [2.45, 2.75) is 37.8 Å². The van der Waals surface area contributed by atoms with Gasteiger partial charge in [-0.2, -0.15) is 4.98 Å². The van der Waals surface area contributed by atoms with Gasteiger partial charge in [0.2, 0.25) is 11.7 Å². The van der Waals surface area contributed by atoms with Gasteiger partial charge in [0.1, 0.15) is 0 Å². The predicted molar refractivity (Wildman–Crippen MR) is 86.1 cm³/mol. The predicted octanol–water partition coefficient (Wildman–Crippen LogP) is 4.04. The molecule has 1 N–H and O–H groups in total. The van der Waals surface area contributed by atoms with Crippen LogP contribution in [0.4, 0.5) is 0 Å². The molecule has 1 aromatic carbocycles. The Morgan fingerprint density at radius 3 is 2.82 bits per heavy atom. The molecule has 4 rings (SSSR count). The van der Waals surface area contributed by atoms with Crippen molar-refractivity contribution in [3.63, 3.8) is 0 Å². The van der Waals surface area contributed by atoms with Crippen LogP contribution in [0.25, 0.3) is 11.4 Å². The molecule has 1 saturated heterocycles. The molecule has 0 aliphatic carbocycles. The minimum absolute atomic E-state index is 0.447. The number of hydrogen-bond donors (Lipinski definition) is 1. The summed E-state index contributed by atoms with van der Waals surface area (Å²) in [6, 6.07) is 6.45. The van der Waals surface area contributed by atoms with Crippen LogP contribution in [0.1, 0.15) is 25.2 Å². The zero-order valence-corrected chi connectivity index (χ0v) is 13.4. The van der Waals surface area contributed by atoms with Crippen LogP contribution in [0.2, 0.25) is 10.0 Å². The molecule has 1 aromatic heterocycles. The van der Waals surface area contributed by atoms with Crippen LogP contribution in [0.5, 0.6) is 0 Å². The number of nitrogens with zero attached hydrogens (tertiary/aromatic N) is 2. The van der Waals surface area contributed by atoms with Gasteiger partial charge >= 0.3 is 0 Å². The first-order valence-electron chi connectivity index (χ1n) is 7.41. The third-order valence-corrected chi connectivity index (χ3v) is 4.88. The average molecular weight is 336 g/mol. The standard InChI is InChI=1S/C16H15Cl2N3O/c17-12-2-1-3-13(18)15(12)16-20-14(22-21-16)8-9-6-10-4-5-11(7-9)19-10/h1-3,6,10-11,19H,4-5,7-8H2. The first-order chi connectivity index (χ1) is 10.7. The lowest BCUT2D eigenvalue weighted by Gasteiger charge is -2.20. The highest BCUT2D eigenvalue weighted by molar-refractivity contribution is 6.38. The molecule has 2 aliphatic heterocycles. The number of halogens is 2. The average Bonchev–Trinajstić information content (AvgIpc) is 3.06. The van der Waals surface area contributed by atoms with Gasteiger partial charge in [0.05, 0.1) is 15.6 Å². The van der Waals surface area contributed by atoms with Crippen molar-refractivity contribution in [2.75, 3.05) is 0 Å². The van der Waals surface area contributed by atoms with E-state index in [0.29, 0.717) is 45.8 Å². The molecule has 0 radical (unpaired) electrons. The van der Waals surface area contributed by atoms with Gasteiger partial charge in [-0.25, -0.2) is 0 Å². The maximum Gasteiger partial charge on any atom is 0.231 e. The molecule has 0 saturated carbocycles. The Bertz CT molecular complexity index is 720. The Labute approximate surface area is 138 Å². The Morgan fingerprint density at radius 2 is 2.05 bits per heavy atom. The fourth-order valence-corrected chi connectivity index (χ4v) is 3.84. The lowest BCUT2D eigenvalue weighted by molar-refractivity contribution is 0.381. The van der Waals surface area contributed by atoms with E-state index in [4.69, 9.17) is 27.7 Å². The van der Waals surface area contributed by atoms with Crippen LogP contribution < -0.4 is 5.32 Å². The first kappa shape index (κ1) is 14.2. The summed E-state index contributed by atoms with van der Waals surface area (Å²) < 4.78 is 5.38. The molecule has 2 aromatic rings. The van der Waals surface area contributed by atoms with Crippen molar-refractivity contribution in [1.29, 1.82) is 0 Å². The molecule has 114 valence electrons. The molecule has 0 spiro atoms. The third-order valence-electron chi connectivity index (χ3n) is 4.25. The van der Waals surface area contributed by atoms with E-state index >= 15 is 0 Å². The summed E-state index contributed by atoms with van der Waals surface area (Å²) in [5, 5.41) is 8.66. The molecular weight excluding hydrogens is 321 g/mol. The number of fused-ring (bicyclic) bond motifs is 2. The fourth-order valence-electron chi connectivity index (χ4n) is 3.28. The van der Waals surface area contributed by atoms with Crippen LogP contribution in [0.3, 0.4) is 0 Å². The van der Waals surface area contributed by atoms with E-state index in [0.717, 1.165) is 6.42 Å². The molecule has 2 atom stereocenters. The van der Waals surface area contributed by atoms with Gasteiger partial charge in [-0.15, -0.1) is 0 Å². The highest BCUT2D eigenvalue weighted by Gasteiger charge is 2.28. The molecule has 22 heavy (non-hydrogen) atoms. The summed E-state index contributed by atoms with van der Waals surface area (Å²) in [4.78, 5) is 4.46. The van der Waals surface area contributed by atoms with E-state index in [1.165, 1.54) is 18.4 Å². The fraction of sp³-hybridized carbons (Fsp3) is 0.375. The molecule has 2 aliphatic rings. The number of hydrogen-bond acceptors (Lipinski definition) is 4. The topological polar surface area (TPSA) is 51.0 Å². The minimum atomic E-state index is 0.447.